The van der Waals surface area contributed by atoms with Crippen LogP contribution >= 0.6 is 0 Å². The van der Waals surface area contributed by atoms with Crippen LogP contribution in [0.4, 0.5) is 19.0 Å². The number of carbonyl (C=O) groups is 1. The van der Waals surface area contributed by atoms with Gasteiger partial charge >= 0.3 is 6.18 Å². The molecule has 2 aromatic heterocycles. The summed E-state index contributed by atoms with van der Waals surface area (Å²) in [4.78, 5) is 14.7. The zero-order chi connectivity index (χ0) is 21.6. The van der Waals surface area contributed by atoms with E-state index in [0.29, 0.717) is 36.6 Å². The Kier molecular flexibility index (Phi) is 5.27. The number of anilines is 1. The van der Waals surface area contributed by atoms with Crippen molar-refractivity contribution in [2.45, 2.75) is 76.7 Å². The molecule has 3 atom stereocenters. The first-order valence-electron chi connectivity index (χ1n) is 10.5. The van der Waals surface area contributed by atoms with Crippen molar-refractivity contribution < 1.29 is 18.0 Å². The van der Waals surface area contributed by atoms with Crippen LogP contribution in [0.5, 0.6) is 0 Å². The van der Waals surface area contributed by atoms with E-state index in [9.17, 15) is 18.0 Å². The molecule has 10 heteroatoms. The maximum atomic E-state index is 13.6. The van der Waals surface area contributed by atoms with Crippen LogP contribution in [-0.2, 0) is 0 Å². The monoisotopic (exact) mass is 424 g/mol. The molecule has 2 aliphatic heterocycles. The van der Waals surface area contributed by atoms with Crippen LogP contribution in [0, 0.1) is 0 Å². The zero-order valence-corrected chi connectivity index (χ0v) is 17.3. The number of halogens is 3. The van der Waals surface area contributed by atoms with Crippen LogP contribution in [0.1, 0.15) is 86.3 Å². The first-order valence-corrected chi connectivity index (χ1v) is 10.5. The molecule has 30 heavy (non-hydrogen) atoms. The lowest BCUT2D eigenvalue weighted by molar-refractivity contribution is -0.173. The summed E-state index contributed by atoms with van der Waals surface area (Å²) in [6.07, 6.45) is -2.39. The van der Waals surface area contributed by atoms with Crippen molar-refractivity contribution in [3.05, 3.63) is 29.2 Å². The lowest BCUT2D eigenvalue weighted by Gasteiger charge is -2.32. The number of nitrogens with zero attached hydrogens (tertiary/aromatic N) is 4. The smallest absolute Gasteiger partial charge is 0.367 e. The number of fused-ring (bicyclic) bond motifs is 1. The molecule has 2 N–H and O–H groups in total. The first-order chi connectivity index (χ1) is 14.2. The number of carbonyl (C=O) groups excluding carboxylic acids is 1. The minimum Gasteiger partial charge on any atom is -0.367 e. The summed E-state index contributed by atoms with van der Waals surface area (Å²) in [6, 6.07) is 1.14. The normalized spacial score (nSPS) is 24.2. The quantitative estimate of drug-likeness (QED) is 0.762. The van der Waals surface area contributed by atoms with E-state index in [0.717, 1.165) is 16.8 Å². The van der Waals surface area contributed by atoms with E-state index in [1.165, 1.54) is 0 Å². The lowest BCUT2D eigenvalue weighted by Crippen LogP contribution is -2.39. The molecule has 0 radical (unpaired) electrons. The summed E-state index contributed by atoms with van der Waals surface area (Å²) in [5, 5.41) is 14.5. The van der Waals surface area contributed by atoms with Crippen LogP contribution in [0.2, 0.25) is 0 Å². The molecule has 7 nitrogen and oxygen atoms in total. The van der Waals surface area contributed by atoms with Crippen molar-refractivity contribution in [3.63, 3.8) is 0 Å². The van der Waals surface area contributed by atoms with Crippen molar-refractivity contribution in [1.82, 2.24) is 24.9 Å². The molecule has 1 amide bonds. The third-order valence-electron chi connectivity index (χ3n) is 6.07. The molecule has 0 aromatic carbocycles. The molecule has 4 heterocycles. The van der Waals surface area contributed by atoms with Crippen LogP contribution < -0.4 is 5.32 Å². The Morgan fingerprint density at radius 1 is 1.33 bits per heavy atom. The molecule has 0 saturated carbocycles. The summed E-state index contributed by atoms with van der Waals surface area (Å²) in [5.74, 6) is 0.357. The minimum atomic E-state index is -4.37. The Hall–Kier alpha value is -2.52. The number of amides is 1. The average Bonchev–Trinajstić information content (AvgIpc) is 3.43. The molecule has 2 aromatic rings. The molecular weight excluding hydrogens is 397 g/mol. The molecular formula is C20H27F3N6O. The van der Waals surface area contributed by atoms with Gasteiger partial charge < -0.3 is 10.2 Å². The molecule has 2 aliphatic rings. The fourth-order valence-corrected chi connectivity index (χ4v) is 4.31. The third-order valence-corrected chi connectivity index (χ3v) is 6.07. The van der Waals surface area contributed by atoms with Gasteiger partial charge in [0, 0.05) is 24.3 Å². The van der Waals surface area contributed by atoms with Crippen molar-refractivity contribution in [2.24, 2.45) is 0 Å². The van der Waals surface area contributed by atoms with Gasteiger partial charge in [-0.1, -0.05) is 20.8 Å². The van der Waals surface area contributed by atoms with Gasteiger partial charge in [-0.05, 0) is 37.7 Å². The van der Waals surface area contributed by atoms with Gasteiger partial charge in [0.25, 0.3) is 5.91 Å². The molecule has 164 valence electrons. The molecule has 1 saturated heterocycles. The van der Waals surface area contributed by atoms with Crippen LogP contribution in [0.25, 0.3) is 0 Å². The van der Waals surface area contributed by atoms with Crippen molar-refractivity contribution in [3.8, 4) is 0 Å². The van der Waals surface area contributed by atoms with E-state index >= 15 is 0 Å². The van der Waals surface area contributed by atoms with Crippen LogP contribution in [-0.4, -0.2) is 49.5 Å². The zero-order valence-electron chi connectivity index (χ0n) is 17.3. The molecule has 0 aliphatic carbocycles. The number of aromatic amines is 1. The lowest BCUT2D eigenvalue weighted by atomic mass is 10.0. The van der Waals surface area contributed by atoms with Gasteiger partial charge in [-0.2, -0.15) is 23.4 Å². The van der Waals surface area contributed by atoms with E-state index in [2.05, 4.69) is 20.6 Å². The second-order valence-electron chi connectivity index (χ2n) is 8.46. The van der Waals surface area contributed by atoms with Gasteiger partial charge in [0.1, 0.15) is 11.5 Å². The van der Waals surface area contributed by atoms with Crippen molar-refractivity contribution in [1.29, 1.82) is 0 Å². The van der Waals surface area contributed by atoms with Crippen LogP contribution in [0.3, 0.4) is 0 Å². The van der Waals surface area contributed by atoms with E-state index in [4.69, 9.17) is 0 Å². The number of hydrogen-bond donors (Lipinski definition) is 2. The van der Waals surface area contributed by atoms with E-state index in [1.807, 2.05) is 20.8 Å². The van der Waals surface area contributed by atoms with E-state index < -0.39 is 12.2 Å². The average molecular weight is 424 g/mol. The Balaban J connectivity index is 1.62. The summed E-state index contributed by atoms with van der Waals surface area (Å²) in [6.45, 7) is 6.40. The largest absolute Gasteiger partial charge is 0.410 e. The van der Waals surface area contributed by atoms with Gasteiger partial charge in [0.2, 0.25) is 0 Å². The van der Waals surface area contributed by atoms with Gasteiger partial charge in [-0.15, -0.1) is 0 Å². The maximum Gasteiger partial charge on any atom is 0.410 e. The topological polar surface area (TPSA) is 78.8 Å². The van der Waals surface area contributed by atoms with Crippen molar-refractivity contribution in [2.75, 3.05) is 11.9 Å². The highest BCUT2D eigenvalue weighted by atomic mass is 19.4. The van der Waals surface area contributed by atoms with Gasteiger partial charge in [-0.3, -0.25) is 9.89 Å². The second-order valence-corrected chi connectivity index (χ2v) is 8.46. The minimum absolute atomic E-state index is 0.0489. The number of likely N-dealkylation sites (tertiary alicyclic amines) is 1. The number of aromatic nitrogens is 4. The number of H-pyrrole nitrogens is 1. The first kappa shape index (κ1) is 20.7. The SMILES string of the molecule is CC[C@@H]1C[C@H](C(F)(F)F)n2nc([C@H]3CCCN3C(=O)c3cc(C(C)C)[nH]n3)cc2N1. The van der Waals surface area contributed by atoms with E-state index in [1.54, 1.807) is 17.0 Å². The molecule has 0 unspecified atom stereocenters. The number of nitrogens with one attached hydrogen (secondary N) is 2. The summed E-state index contributed by atoms with van der Waals surface area (Å²) >= 11 is 0. The molecule has 1 fully saturated rings. The standard InChI is InChI=1S/C20H27F3N6O/c1-4-12-8-17(20(21,22)23)29-18(24-12)10-14(27-29)16-6-5-7-28(16)19(30)15-9-13(11(2)3)25-26-15/h9-12,16-17,24H,4-8H2,1-3H3,(H,25,26)/t12-,16-,17-/m1/s1. The highest BCUT2D eigenvalue weighted by Gasteiger charge is 2.46. The Morgan fingerprint density at radius 2 is 2.10 bits per heavy atom. The fourth-order valence-electron chi connectivity index (χ4n) is 4.31. The summed E-state index contributed by atoms with van der Waals surface area (Å²) < 4.78 is 42.0. The predicted octanol–water partition coefficient (Wildman–Crippen LogP) is 4.40. The van der Waals surface area contributed by atoms with Crippen molar-refractivity contribution >= 4 is 11.7 Å². The number of hydrogen-bond acceptors (Lipinski definition) is 4. The summed E-state index contributed by atoms with van der Waals surface area (Å²) in [5.41, 5.74) is 1.69. The fraction of sp³-hybridized carbons (Fsp3) is 0.650. The summed E-state index contributed by atoms with van der Waals surface area (Å²) in [7, 11) is 0. The predicted molar refractivity (Wildman–Crippen MR) is 105 cm³/mol. The highest BCUT2D eigenvalue weighted by Crippen LogP contribution is 2.42. The second kappa shape index (κ2) is 7.63. The maximum absolute atomic E-state index is 13.6. The Morgan fingerprint density at radius 3 is 2.73 bits per heavy atom. The molecule has 4 rings (SSSR count). The third kappa shape index (κ3) is 3.67. The highest BCUT2D eigenvalue weighted by molar-refractivity contribution is 5.92. The van der Waals surface area contributed by atoms with Gasteiger partial charge in [0.05, 0.1) is 11.7 Å². The number of rotatable bonds is 4. The van der Waals surface area contributed by atoms with E-state index in [-0.39, 0.29) is 30.3 Å². The number of alkyl halides is 3. The van der Waals surface area contributed by atoms with Gasteiger partial charge in [-0.25, -0.2) is 4.68 Å². The molecule has 0 spiro atoms. The molecule has 0 bridgehead atoms. The van der Waals surface area contributed by atoms with Crippen LogP contribution in [0.15, 0.2) is 12.1 Å². The van der Waals surface area contributed by atoms with Gasteiger partial charge in [0.15, 0.2) is 6.04 Å². The Labute approximate surface area is 173 Å². The Bertz CT molecular complexity index is 918.